The summed E-state index contributed by atoms with van der Waals surface area (Å²) in [5, 5.41) is 15.0. The number of rotatable bonds is 1. The van der Waals surface area contributed by atoms with Gasteiger partial charge in [-0.2, -0.15) is 4.98 Å². The SMILES string of the molecule is Oc1csc(N2CCCNCC2)n1. The fourth-order valence-electron chi connectivity index (χ4n) is 1.44. The minimum Gasteiger partial charge on any atom is -0.493 e. The van der Waals surface area contributed by atoms with Crippen LogP contribution in [0.3, 0.4) is 0 Å². The van der Waals surface area contributed by atoms with Crippen molar-refractivity contribution in [3.63, 3.8) is 0 Å². The molecule has 1 saturated heterocycles. The maximum Gasteiger partial charge on any atom is 0.223 e. The van der Waals surface area contributed by atoms with Crippen LogP contribution in [0.25, 0.3) is 0 Å². The van der Waals surface area contributed by atoms with Gasteiger partial charge in [-0.3, -0.25) is 0 Å². The summed E-state index contributed by atoms with van der Waals surface area (Å²) in [6, 6.07) is 0. The summed E-state index contributed by atoms with van der Waals surface area (Å²) in [7, 11) is 0. The molecule has 1 fully saturated rings. The molecule has 0 aliphatic carbocycles. The van der Waals surface area contributed by atoms with Gasteiger partial charge < -0.3 is 15.3 Å². The summed E-state index contributed by atoms with van der Waals surface area (Å²) in [5.41, 5.74) is 0. The Morgan fingerprint density at radius 2 is 2.38 bits per heavy atom. The van der Waals surface area contributed by atoms with Crippen molar-refractivity contribution in [3.8, 4) is 5.88 Å². The van der Waals surface area contributed by atoms with E-state index in [9.17, 15) is 0 Å². The first-order valence-electron chi connectivity index (χ1n) is 4.46. The van der Waals surface area contributed by atoms with Crippen LogP contribution in [0.2, 0.25) is 0 Å². The van der Waals surface area contributed by atoms with Gasteiger partial charge >= 0.3 is 0 Å². The summed E-state index contributed by atoms with van der Waals surface area (Å²) >= 11 is 1.50. The van der Waals surface area contributed by atoms with Gasteiger partial charge in [-0.25, -0.2) is 0 Å². The highest BCUT2D eigenvalue weighted by molar-refractivity contribution is 7.13. The van der Waals surface area contributed by atoms with E-state index in [0.717, 1.165) is 37.7 Å². The molecular formula is C8H13N3OS. The predicted octanol–water partition coefficient (Wildman–Crippen LogP) is 0.648. The molecule has 0 saturated carbocycles. The van der Waals surface area contributed by atoms with E-state index in [0.29, 0.717) is 0 Å². The molecule has 0 aromatic carbocycles. The van der Waals surface area contributed by atoms with E-state index >= 15 is 0 Å². The molecule has 13 heavy (non-hydrogen) atoms. The van der Waals surface area contributed by atoms with E-state index in [1.165, 1.54) is 11.3 Å². The van der Waals surface area contributed by atoms with E-state index in [4.69, 9.17) is 5.11 Å². The van der Waals surface area contributed by atoms with Gasteiger partial charge in [0, 0.05) is 19.6 Å². The van der Waals surface area contributed by atoms with Crippen molar-refractivity contribution in [2.45, 2.75) is 6.42 Å². The second-order valence-corrected chi connectivity index (χ2v) is 3.92. The third-order valence-corrected chi connectivity index (χ3v) is 2.98. The maximum atomic E-state index is 9.11. The molecule has 0 bridgehead atoms. The maximum absolute atomic E-state index is 9.11. The second-order valence-electron chi connectivity index (χ2n) is 3.08. The van der Waals surface area contributed by atoms with E-state index in [2.05, 4.69) is 15.2 Å². The van der Waals surface area contributed by atoms with Gasteiger partial charge in [0.15, 0.2) is 5.13 Å². The van der Waals surface area contributed by atoms with Crippen molar-refractivity contribution in [3.05, 3.63) is 5.38 Å². The standard InChI is InChI=1S/C8H13N3OS/c12-7-6-13-8(10-7)11-4-1-2-9-3-5-11/h6,9,12H,1-5H2. The van der Waals surface area contributed by atoms with Gasteiger partial charge in [0.25, 0.3) is 0 Å². The Balaban J connectivity index is 2.06. The number of thiazole rings is 1. The lowest BCUT2D eigenvalue weighted by atomic mass is 10.4. The van der Waals surface area contributed by atoms with Crippen LogP contribution in [0.15, 0.2) is 5.38 Å². The van der Waals surface area contributed by atoms with Crippen LogP contribution in [0, 0.1) is 0 Å². The smallest absolute Gasteiger partial charge is 0.223 e. The quantitative estimate of drug-likeness (QED) is 0.697. The van der Waals surface area contributed by atoms with Crippen molar-refractivity contribution in [2.75, 3.05) is 31.1 Å². The molecule has 2 heterocycles. The number of anilines is 1. The molecule has 0 spiro atoms. The minimum atomic E-state index is 0.136. The lowest BCUT2D eigenvalue weighted by Gasteiger charge is -2.17. The molecule has 72 valence electrons. The van der Waals surface area contributed by atoms with Gasteiger partial charge in [-0.15, -0.1) is 11.3 Å². The fraction of sp³-hybridized carbons (Fsp3) is 0.625. The Morgan fingerprint density at radius 3 is 3.15 bits per heavy atom. The number of aromatic hydroxyl groups is 1. The first kappa shape index (κ1) is 8.77. The molecule has 0 unspecified atom stereocenters. The average Bonchev–Trinajstić information content (AvgIpc) is 2.43. The van der Waals surface area contributed by atoms with E-state index in [1.54, 1.807) is 5.38 Å². The number of nitrogens with zero attached hydrogens (tertiary/aromatic N) is 2. The largest absolute Gasteiger partial charge is 0.493 e. The van der Waals surface area contributed by atoms with Gasteiger partial charge in [0.2, 0.25) is 5.88 Å². The first-order chi connectivity index (χ1) is 6.36. The lowest BCUT2D eigenvalue weighted by molar-refractivity contribution is 0.457. The average molecular weight is 199 g/mol. The summed E-state index contributed by atoms with van der Waals surface area (Å²) in [6.07, 6.45) is 1.14. The minimum absolute atomic E-state index is 0.136. The normalized spacial score (nSPS) is 18.6. The molecule has 1 aromatic rings. The monoisotopic (exact) mass is 199 g/mol. The molecule has 1 aliphatic heterocycles. The molecule has 2 rings (SSSR count). The first-order valence-corrected chi connectivity index (χ1v) is 5.34. The van der Waals surface area contributed by atoms with E-state index in [-0.39, 0.29) is 5.88 Å². The predicted molar refractivity (Wildman–Crippen MR) is 53.5 cm³/mol. The summed E-state index contributed by atoms with van der Waals surface area (Å²) in [5.74, 6) is 0.136. The van der Waals surface area contributed by atoms with Crippen molar-refractivity contribution in [1.29, 1.82) is 0 Å². The van der Waals surface area contributed by atoms with Crippen LogP contribution < -0.4 is 10.2 Å². The topological polar surface area (TPSA) is 48.4 Å². The van der Waals surface area contributed by atoms with Crippen LogP contribution in [0.4, 0.5) is 5.13 Å². The Bertz CT molecular complexity index is 268. The number of nitrogens with one attached hydrogen (secondary N) is 1. The zero-order valence-corrected chi connectivity index (χ0v) is 8.18. The summed E-state index contributed by atoms with van der Waals surface area (Å²) in [4.78, 5) is 6.26. The van der Waals surface area contributed by atoms with E-state index in [1.807, 2.05) is 0 Å². The van der Waals surface area contributed by atoms with Gasteiger partial charge in [-0.1, -0.05) is 0 Å². The summed E-state index contributed by atoms with van der Waals surface area (Å²) < 4.78 is 0. The zero-order chi connectivity index (χ0) is 9.10. The van der Waals surface area contributed by atoms with E-state index < -0.39 is 0 Å². The summed E-state index contributed by atoms with van der Waals surface area (Å²) in [6.45, 7) is 4.08. The number of hydrogen-bond acceptors (Lipinski definition) is 5. The molecule has 1 aromatic heterocycles. The second kappa shape index (κ2) is 3.93. The molecule has 1 aliphatic rings. The van der Waals surface area contributed by atoms with Gasteiger partial charge in [0.05, 0.1) is 5.38 Å². The number of aromatic nitrogens is 1. The molecule has 2 N–H and O–H groups in total. The molecule has 0 radical (unpaired) electrons. The van der Waals surface area contributed by atoms with Crippen LogP contribution in [-0.2, 0) is 0 Å². The zero-order valence-electron chi connectivity index (χ0n) is 7.36. The third kappa shape index (κ3) is 2.10. The van der Waals surface area contributed by atoms with Crippen molar-refractivity contribution >= 4 is 16.5 Å². The third-order valence-electron chi connectivity index (χ3n) is 2.09. The highest BCUT2D eigenvalue weighted by Crippen LogP contribution is 2.23. The molecule has 4 nitrogen and oxygen atoms in total. The van der Waals surface area contributed by atoms with Gasteiger partial charge in [0.1, 0.15) is 0 Å². The van der Waals surface area contributed by atoms with Crippen LogP contribution in [0.1, 0.15) is 6.42 Å². The molecule has 0 amide bonds. The Morgan fingerprint density at radius 1 is 1.46 bits per heavy atom. The number of hydrogen-bond donors (Lipinski definition) is 2. The highest BCUT2D eigenvalue weighted by atomic mass is 32.1. The molecule has 5 heteroatoms. The van der Waals surface area contributed by atoms with Crippen LogP contribution in [0.5, 0.6) is 5.88 Å². The molecular weight excluding hydrogens is 186 g/mol. The van der Waals surface area contributed by atoms with Crippen molar-refractivity contribution in [1.82, 2.24) is 10.3 Å². The van der Waals surface area contributed by atoms with Crippen LogP contribution >= 0.6 is 11.3 Å². The lowest BCUT2D eigenvalue weighted by Crippen LogP contribution is -2.27. The Kier molecular flexibility index (Phi) is 2.65. The van der Waals surface area contributed by atoms with Crippen LogP contribution in [-0.4, -0.2) is 36.3 Å². The highest BCUT2D eigenvalue weighted by Gasteiger charge is 2.12. The Hall–Kier alpha value is -0.810. The van der Waals surface area contributed by atoms with Crippen molar-refractivity contribution < 1.29 is 5.11 Å². The Labute approximate surface area is 81.2 Å². The molecule has 0 atom stereocenters. The van der Waals surface area contributed by atoms with Gasteiger partial charge in [-0.05, 0) is 13.0 Å². The fourth-order valence-corrected chi connectivity index (χ4v) is 2.18. The van der Waals surface area contributed by atoms with Crippen molar-refractivity contribution in [2.24, 2.45) is 0 Å².